The van der Waals surface area contributed by atoms with Crippen molar-refractivity contribution in [1.82, 2.24) is 16.0 Å². The summed E-state index contributed by atoms with van der Waals surface area (Å²) in [6, 6.07) is -5.02. The molecule has 8 N–H and O–H groups in total. The monoisotopic (exact) mass is 440 g/mol. The Morgan fingerprint density at radius 1 is 1.07 bits per heavy atom. The van der Waals surface area contributed by atoms with E-state index in [0.29, 0.717) is 5.75 Å². The van der Waals surface area contributed by atoms with Gasteiger partial charge in [0, 0.05) is 5.75 Å². The molecule has 0 aliphatic heterocycles. The molecule has 5 unspecified atom stereocenters. The van der Waals surface area contributed by atoms with Gasteiger partial charge in [0.2, 0.25) is 17.7 Å². The number of thiol groups is 1. The highest BCUT2D eigenvalue weighted by molar-refractivity contribution is 7.98. The van der Waals surface area contributed by atoms with Crippen molar-refractivity contribution in [2.45, 2.75) is 43.6 Å². The van der Waals surface area contributed by atoms with Crippen molar-refractivity contribution < 1.29 is 34.5 Å². The van der Waals surface area contributed by atoms with E-state index >= 15 is 0 Å². The van der Waals surface area contributed by atoms with Gasteiger partial charge in [0.25, 0.3) is 0 Å². The number of rotatable bonds is 13. The molecule has 0 heterocycles. The van der Waals surface area contributed by atoms with Crippen LogP contribution in [0.1, 0.15) is 13.3 Å². The minimum atomic E-state index is -1.61. The predicted octanol–water partition coefficient (Wildman–Crippen LogP) is -3.09. The first-order chi connectivity index (χ1) is 13.1. The topological polar surface area (TPSA) is 191 Å². The Morgan fingerprint density at radius 2 is 1.61 bits per heavy atom. The van der Waals surface area contributed by atoms with Crippen molar-refractivity contribution in [1.29, 1.82) is 0 Å². The van der Waals surface area contributed by atoms with Crippen LogP contribution in [0.5, 0.6) is 0 Å². The number of hydrogen-bond acceptors (Lipinski definition) is 9. The number of aliphatic carboxylic acids is 1. The minimum Gasteiger partial charge on any atom is -0.480 e. The molecule has 0 aromatic heterocycles. The van der Waals surface area contributed by atoms with Crippen LogP contribution in [0.3, 0.4) is 0 Å². The van der Waals surface area contributed by atoms with E-state index in [-0.39, 0.29) is 12.2 Å². The highest BCUT2D eigenvalue weighted by Gasteiger charge is 2.31. The van der Waals surface area contributed by atoms with Gasteiger partial charge in [-0.1, -0.05) is 0 Å². The molecule has 0 aliphatic rings. The van der Waals surface area contributed by atoms with Crippen LogP contribution in [0, 0.1) is 0 Å². The Balaban J connectivity index is 5.13. The Morgan fingerprint density at radius 3 is 2.04 bits per heavy atom. The molecule has 0 aliphatic carbocycles. The van der Waals surface area contributed by atoms with Crippen LogP contribution < -0.4 is 21.7 Å². The van der Waals surface area contributed by atoms with Crippen molar-refractivity contribution in [3.63, 3.8) is 0 Å². The molecule has 13 heteroatoms. The quantitative estimate of drug-likeness (QED) is 0.137. The zero-order valence-corrected chi connectivity index (χ0v) is 17.3. The standard InChI is InChI=1S/C15H28N4O7S2/c1-7(21)11(15(25)26)19-14(24)10(5-20)18-13(23)9(3-4-28-2)17-12(22)8(16)6-27/h7-11,20-21,27H,3-6,16H2,1-2H3,(H,17,22)(H,18,23)(H,19,24)(H,25,26). The van der Waals surface area contributed by atoms with Crippen LogP contribution in [-0.4, -0.2) is 93.7 Å². The summed E-state index contributed by atoms with van der Waals surface area (Å²) in [5.74, 6) is -3.22. The van der Waals surface area contributed by atoms with Gasteiger partial charge in [-0.2, -0.15) is 24.4 Å². The van der Waals surface area contributed by atoms with E-state index in [4.69, 9.17) is 10.8 Å². The van der Waals surface area contributed by atoms with E-state index in [1.807, 2.05) is 11.6 Å². The number of carbonyl (C=O) groups excluding carboxylic acids is 3. The number of aliphatic hydroxyl groups excluding tert-OH is 2. The summed E-state index contributed by atoms with van der Waals surface area (Å²) in [5, 5.41) is 34.6. The van der Waals surface area contributed by atoms with Gasteiger partial charge in [-0.15, -0.1) is 0 Å². The number of carbonyl (C=O) groups is 4. The van der Waals surface area contributed by atoms with Gasteiger partial charge >= 0.3 is 5.97 Å². The van der Waals surface area contributed by atoms with Crippen LogP contribution >= 0.6 is 24.4 Å². The van der Waals surface area contributed by atoms with Crippen LogP contribution in [0.25, 0.3) is 0 Å². The van der Waals surface area contributed by atoms with Crippen molar-refractivity contribution >= 4 is 48.1 Å². The van der Waals surface area contributed by atoms with Gasteiger partial charge in [-0.05, 0) is 25.4 Å². The Bertz CT molecular complexity index is 550. The fourth-order valence-electron chi connectivity index (χ4n) is 1.98. The summed E-state index contributed by atoms with van der Waals surface area (Å²) >= 11 is 5.35. The summed E-state index contributed by atoms with van der Waals surface area (Å²) < 4.78 is 0. The van der Waals surface area contributed by atoms with Crippen molar-refractivity contribution in [3.05, 3.63) is 0 Å². The third-order valence-corrected chi connectivity index (χ3v) is 4.68. The van der Waals surface area contributed by atoms with Crippen LogP contribution in [-0.2, 0) is 19.2 Å². The zero-order chi connectivity index (χ0) is 21.9. The highest BCUT2D eigenvalue weighted by Crippen LogP contribution is 2.03. The SMILES string of the molecule is CSCCC(NC(=O)C(N)CS)C(=O)NC(CO)C(=O)NC(C(=O)O)C(C)O. The molecule has 28 heavy (non-hydrogen) atoms. The van der Waals surface area contributed by atoms with E-state index in [2.05, 4.69) is 23.3 Å². The lowest BCUT2D eigenvalue weighted by atomic mass is 10.1. The van der Waals surface area contributed by atoms with E-state index in [1.165, 1.54) is 18.7 Å². The molecule has 0 aromatic rings. The first-order valence-corrected chi connectivity index (χ1v) is 10.4. The van der Waals surface area contributed by atoms with Crippen LogP contribution in [0.15, 0.2) is 0 Å². The van der Waals surface area contributed by atoms with E-state index in [0.717, 1.165) is 0 Å². The molecule has 0 rings (SSSR count). The summed E-state index contributed by atoms with van der Waals surface area (Å²) in [7, 11) is 0. The number of aliphatic hydroxyl groups is 2. The average Bonchev–Trinajstić information content (AvgIpc) is 2.65. The number of carboxylic acid groups (broad SMARTS) is 1. The number of hydrogen-bond donors (Lipinski definition) is 8. The maximum atomic E-state index is 12.5. The highest BCUT2D eigenvalue weighted by atomic mass is 32.2. The average molecular weight is 441 g/mol. The second-order valence-corrected chi connectivity index (χ2v) is 7.29. The molecule has 0 spiro atoms. The van der Waals surface area contributed by atoms with Crippen molar-refractivity contribution in [2.24, 2.45) is 5.73 Å². The lowest BCUT2D eigenvalue weighted by Crippen LogP contribution is -2.59. The third-order valence-electron chi connectivity index (χ3n) is 3.64. The van der Waals surface area contributed by atoms with Gasteiger partial charge in [0.05, 0.1) is 18.8 Å². The molecule has 0 aromatic carbocycles. The molecule has 0 bridgehead atoms. The maximum Gasteiger partial charge on any atom is 0.328 e. The molecule has 0 radical (unpaired) electrons. The first kappa shape index (κ1) is 26.5. The second kappa shape index (κ2) is 13.6. The summed E-state index contributed by atoms with van der Waals surface area (Å²) in [4.78, 5) is 47.6. The van der Waals surface area contributed by atoms with Crippen LogP contribution in [0.4, 0.5) is 0 Å². The molecule has 5 atom stereocenters. The third kappa shape index (κ3) is 9.10. The summed E-state index contributed by atoms with van der Waals surface area (Å²) in [6.07, 6.45) is 0.652. The lowest BCUT2D eigenvalue weighted by Gasteiger charge is -2.24. The van der Waals surface area contributed by atoms with E-state index in [9.17, 15) is 29.4 Å². The summed E-state index contributed by atoms with van der Waals surface area (Å²) in [6.45, 7) is 0.354. The minimum absolute atomic E-state index is 0.0697. The van der Waals surface area contributed by atoms with Gasteiger partial charge in [-0.3, -0.25) is 14.4 Å². The largest absolute Gasteiger partial charge is 0.480 e. The van der Waals surface area contributed by atoms with E-state index < -0.39 is 60.6 Å². The molecule has 3 amide bonds. The normalized spacial score (nSPS) is 16.2. The molecule has 0 saturated carbocycles. The van der Waals surface area contributed by atoms with Crippen LogP contribution in [0.2, 0.25) is 0 Å². The van der Waals surface area contributed by atoms with Gasteiger partial charge in [-0.25, -0.2) is 4.79 Å². The maximum absolute atomic E-state index is 12.5. The molecule has 0 fully saturated rings. The van der Waals surface area contributed by atoms with Gasteiger partial charge < -0.3 is 37.0 Å². The van der Waals surface area contributed by atoms with Crippen molar-refractivity contribution in [3.8, 4) is 0 Å². The Labute approximate surface area is 172 Å². The lowest BCUT2D eigenvalue weighted by molar-refractivity contribution is -0.145. The number of nitrogens with one attached hydrogen (secondary N) is 3. The Kier molecular flexibility index (Phi) is 12.9. The Hall–Kier alpha value is -1.54. The van der Waals surface area contributed by atoms with Gasteiger partial charge in [0.1, 0.15) is 12.1 Å². The summed E-state index contributed by atoms with van der Waals surface area (Å²) in [5.41, 5.74) is 5.57. The molecule has 11 nitrogen and oxygen atoms in total. The number of carboxylic acids is 1. The zero-order valence-electron chi connectivity index (χ0n) is 15.6. The van der Waals surface area contributed by atoms with Crippen molar-refractivity contribution in [2.75, 3.05) is 24.4 Å². The number of thioether (sulfide) groups is 1. The molecule has 0 saturated heterocycles. The smallest absolute Gasteiger partial charge is 0.328 e. The van der Waals surface area contributed by atoms with Gasteiger partial charge in [0.15, 0.2) is 6.04 Å². The van der Waals surface area contributed by atoms with E-state index in [1.54, 1.807) is 0 Å². The fraction of sp³-hybridized carbons (Fsp3) is 0.733. The fourth-order valence-corrected chi connectivity index (χ4v) is 2.61. The molecular formula is C15H28N4O7S2. The molecule has 162 valence electrons. The number of amides is 3. The number of nitrogens with two attached hydrogens (primary N) is 1. The second-order valence-electron chi connectivity index (χ2n) is 5.94. The first-order valence-electron chi connectivity index (χ1n) is 8.37. The predicted molar refractivity (Wildman–Crippen MR) is 107 cm³/mol. The molecular weight excluding hydrogens is 412 g/mol.